The highest BCUT2D eigenvalue weighted by molar-refractivity contribution is 5.97. The topological polar surface area (TPSA) is 124 Å². The molecule has 3 saturated carbocycles. The van der Waals surface area contributed by atoms with Gasteiger partial charge in [-0.1, -0.05) is 40.2 Å². The van der Waals surface area contributed by atoms with Crippen LogP contribution in [-0.2, 0) is 14.3 Å². The predicted molar refractivity (Wildman–Crippen MR) is 132 cm³/mol. The third-order valence-electron chi connectivity index (χ3n) is 11.5. The summed E-state index contributed by atoms with van der Waals surface area (Å²) >= 11 is 0. The number of carbonyl (C=O) groups excluding carboxylic acids is 2. The Morgan fingerprint density at radius 1 is 0.972 bits per heavy atom. The van der Waals surface area contributed by atoms with Gasteiger partial charge < -0.3 is 25.2 Å². The Kier molecular flexibility index (Phi) is 6.50. The first kappa shape index (κ1) is 26.3. The van der Waals surface area contributed by atoms with Gasteiger partial charge in [-0.3, -0.25) is 9.59 Å². The molecule has 0 aromatic rings. The van der Waals surface area contributed by atoms with Gasteiger partial charge in [0.15, 0.2) is 5.78 Å². The number of rotatable bonds is 3. The molecule has 9 unspecified atom stereocenters. The molecule has 7 nitrogen and oxygen atoms in total. The number of esters is 1. The molecule has 1 saturated heterocycles. The van der Waals surface area contributed by atoms with Crippen molar-refractivity contribution in [3.8, 4) is 0 Å². The number of carbonyl (C=O) groups is 2. The fourth-order valence-electron chi connectivity index (χ4n) is 9.32. The van der Waals surface area contributed by atoms with E-state index in [-0.39, 0.29) is 35.6 Å². The zero-order valence-electron chi connectivity index (χ0n) is 22.3. The maximum Gasteiger partial charge on any atom is 0.306 e. The van der Waals surface area contributed by atoms with E-state index in [0.29, 0.717) is 25.2 Å². The summed E-state index contributed by atoms with van der Waals surface area (Å²) < 4.78 is 5.82. The van der Waals surface area contributed by atoms with E-state index in [4.69, 9.17) is 4.74 Å². The van der Waals surface area contributed by atoms with Crippen molar-refractivity contribution in [1.82, 2.24) is 0 Å². The van der Waals surface area contributed by atoms with Gasteiger partial charge in [-0.05, 0) is 66.8 Å². The molecule has 1 heterocycles. The maximum absolute atomic E-state index is 13.7. The van der Waals surface area contributed by atoms with E-state index in [1.165, 1.54) is 0 Å². The molecule has 0 aromatic heterocycles. The second-order valence-electron chi connectivity index (χ2n) is 13.5. The van der Waals surface area contributed by atoms with Crippen LogP contribution in [0.2, 0.25) is 0 Å². The monoisotopic (exact) mass is 504 g/mol. The summed E-state index contributed by atoms with van der Waals surface area (Å²) in [7, 11) is 0. The van der Waals surface area contributed by atoms with E-state index in [1.54, 1.807) is 6.08 Å². The average molecular weight is 505 g/mol. The van der Waals surface area contributed by atoms with Crippen molar-refractivity contribution in [2.24, 2.45) is 52.3 Å². The number of fused-ring (bicyclic) bond motifs is 5. The molecule has 5 rings (SSSR count). The van der Waals surface area contributed by atoms with Crippen LogP contribution in [0.4, 0.5) is 0 Å². The molecule has 0 aromatic carbocycles. The van der Waals surface area contributed by atoms with E-state index in [0.717, 1.165) is 24.8 Å². The Morgan fingerprint density at radius 2 is 1.67 bits per heavy atom. The van der Waals surface area contributed by atoms with Crippen LogP contribution in [0.5, 0.6) is 0 Å². The first-order valence-corrected chi connectivity index (χ1v) is 14.0. The molecule has 4 fully saturated rings. The zero-order valence-corrected chi connectivity index (χ0v) is 22.3. The molecule has 4 aliphatic carbocycles. The van der Waals surface area contributed by atoms with Crippen molar-refractivity contribution >= 4 is 11.8 Å². The van der Waals surface area contributed by atoms with Crippen LogP contribution < -0.4 is 0 Å². The number of aliphatic hydroxyl groups is 4. The Balaban J connectivity index is 1.45. The summed E-state index contributed by atoms with van der Waals surface area (Å²) in [5, 5.41) is 43.8. The normalized spacial score (nSPS) is 51.7. The number of ether oxygens (including phenoxy) is 1. The lowest BCUT2D eigenvalue weighted by molar-refractivity contribution is -0.246. The maximum atomic E-state index is 13.7. The summed E-state index contributed by atoms with van der Waals surface area (Å²) in [4.78, 5) is 26.1. The zero-order chi connectivity index (χ0) is 26.3. The molecule has 1 aliphatic heterocycles. The first-order chi connectivity index (χ1) is 16.8. The van der Waals surface area contributed by atoms with Crippen LogP contribution in [0.3, 0.4) is 0 Å². The second-order valence-corrected chi connectivity index (χ2v) is 13.5. The fourth-order valence-corrected chi connectivity index (χ4v) is 9.32. The third kappa shape index (κ3) is 3.67. The molecular weight excluding hydrogens is 460 g/mol. The summed E-state index contributed by atoms with van der Waals surface area (Å²) in [5.41, 5.74) is 0.0542. The van der Waals surface area contributed by atoms with Crippen molar-refractivity contribution in [2.75, 3.05) is 0 Å². The highest BCUT2D eigenvalue weighted by Gasteiger charge is 2.67. The van der Waals surface area contributed by atoms with E-state index in [2.05, 4.69) is 34.6 Å². The van der Waals surface area contributed by atoms with Gasteiger partial charge in [0.2, 0.25) is 0 Å². The van der Waals surface area contributed by atoms with Crippen LogP contribution in [-0.4, -0.2) is 62.7 Å². The number of cyclic esters (lactones) is 1. The quantitative estimate of drug-likeness (QED) is 0.436. The van der Waals surface area contributed by atoms with E-state index < -0.39 is 53.0 Å². The van der Waals surface area contributed by atoms with Crippen LogP contribution in [0.1, 0.15) is 73.1 Å². The minimum absolute atomic E-state index is 0.0127. The molecule has 13 atom stereocenters. The minimum atomic E-state index is -1.20. The van der Waals surface area contributed by atoms with Gasteiger partial charge in [0.1, 0.15) is 6.10 Å². The fraction of sp³-hybridized carbons (Fsp3) is 0.862. The minimum Gasteiger partial charge on any atom is -0.462 e. The van der Waals surface area contributed by atoms with Crippen LogP contribution in [0, 0.1) is 52.3 Å². The standard InChI is InChI=1S/C29H44O7/c1-13(2)15-10-20(36-21(32)11-15)14(3)17-12-19(31)23-22-16(6-8-29(17,23)5)28(4)9-7-18(30)25(33)24(28)27(35)26(22)34/h12-16,18,20,22-27,30,33-35H,6-11H2,1-5H3/t14?,15?,16?,18-,20?,22?,23?,24?,25?,26?,27-,28-,29-/m1/s1. The lowest BCUT2D eigenvalue weighted by atomic mass is 9.42. The van der Waals surface area contributed by atoms with Gasteiger partial charge in [-0.2, -0.15) is 0 Å². The van der Waals surface area contributed by atoms with Gasteiger partial charge in [-0.15, -0.1) is 0 Å². The van der Waals surface area contributed by atoms with Gasteiger partial charge >= 0.3 is 5.97 Å². The summed E-state index contributed by atoms with van der Waals surface area (Å²) in [6.45, 7) is 10.5. The largest absolute Gasteiger partial charge is 0.462 e. The molecular formula is C29H44O7. The lowest BCUT2D eigenvalue weighted by Crippen LogP contribution is -2.68. The Hall–Kier alpha value is -1.28. The first-order valence-electron chi connectivity index (χ1n) is 14.0. The summed E-state index contributed by atoms with van der Waals surface area (Å²) in [5.74, 6) is -1.19. The Labute approximate surface area is 214 Å². The van der Waals surface area contributed by atoms with Crippen molar-refractivity contribution in [3.63, 3.8) is 0 Å². The van der Waals surface area contributed by atoms with Crippen LogP contribution in [0.25, 0.3) is 0 Å². The molecule has 0 spiro atoms. The number of allylic oxidation sites excluding steroid dienone is 1. The molecule has 36 heavy (non-hydrogen) atoms. The summed E-state index contributed by atoms with van der Waals surface area (Å²) in [6, 6.07) is 0. The van der Waals surface area contributed by atoms with E-state index in [9.17, 15) is 30.0 Å². The predicted octanol–water partition coefficient (Wildman–Crippen LogP) is 2.63. The number of hydrogen-bond acceptors (Lipinski definition) is 7. The van der Waals surface area contributed by atoms with Crippen molar-refractivity contribution in [2.45, 2.75) is 104 Å². The number of hydrogen-bond donors (Lipinski definition) is 4. The molecule has 0 bridgehead atoms. The highest BCUT2D eigenvalue weighted by Crippen LogP contribution is 2.66. The highest BCUT2D eigenvalue weighted by atomic mass is 16.5. The smallest absolute Gasteiger partial charge is 0.306 e. The van der Waals surface area contributed by atoms with Crippen LogP contribution >= 0.6 is 0 Å². The molecule has 0 amide bonds. The average Bonchev–Trinajstić information content (AvgIpc) is 3.09. The third-order valence-corrected chi connectivity index (χ3v) is 11.5. The van der Waals surface area contributed by atoms with E-state index >= 15 is 0 Å². The molecule has 7 heteroatoms. The number of aliphatic hydroxyl groups excluding tert-OH is 4. The van der Waals surface area contributed by atoms with Crippen molar-refractivity contribution in [1.29, 1.82) is 0 Å². The Morgan fingerprint density at radius 3 is 2.33 bits per heavy atom. The van der Waals surface area contributed by atoms with E-state index in [1.807, 2.05) is 0 Å². The molecule has 0 radical (unpaired) electrons. The SMILES string of the molecule is CC(C)C1CC(=O)OC(C(C)C2=CC(=O)C3C4C(O)[C@H](O)C5C(O)[C@H](O)CC[C@]5(C)C4CC[C@]23C)C1. The number of ketones is 1. The molecule has 5 aliphatic rings. The molecule has 202 valence electrons. The molecule has 4 N–H and O–H groups in total. The van der Waals surface area contributed by atoms with Gasteiger partial charge in [0, 0.05) is 30.1 Å². The van der Waals surface area contributed by atoms with Gasteiger partial charge in [0.25, 0.3) is 0 Å². The summed E-state index contributed by atoms with van der Waals surface area (Å²) in [6.07, 6.45) is 0.957. The van der Waals surface area contributed by atoms with Gasteiger partial charge in [-0.25, -0.2) is 0 Å². The van der Waals surface area contributed by atoms with Gasteiger partial charge in [0.05, 0.1) is 24.4 Å². The van der Waals surface area contributed by atoms with Crippen LogP contribution in [0.15, 0.2) is 11.6 Å². The van der Waals surface area contributed by atoms with Crippen molar-refractivity contribution in [3.05, 3.63) is 11.6 Å². The second kappa shape index (κ2) is 8.89. The van der Waals surface area contributed by atoms with Crippen molar-refractivity contribution < 1.29 is 34.8 Å². The lowest BCUT2D eigenvalue weighted by Gasteiger charge is -2.63. The Bertz CT molecular complexity index is 944.